The number of aromatic nitrogens is 1. The highest BCUT2D eigenvalue weighted by atomic mass is 35.5. The van der Waals surface area contributed by atoms with E-state index < -0.39 is 9.84 Å². The molecule has 0 saturated carbocycles. The number of hydrogen-bond acceptors (Lipinski definition) is 5. The fourth-order valence-electron chi connectivity index (χ4n) is 3.76. The van der Waals surface area contributed by atoms with Gasteiger partial charge in [-0.15, -0.1) is 0 Å². The van der Waals surface area contributed by atoms with Crippen molar-refractivity contribution in [2.75, 3.05) is 18.0 Å². The van der Waals surface area contributed by atoms with E-state index in [1.807, 2.05) is 11.8 Å². The van der Waals surface area contributed by atoms with Crippen LogP contribution in [0.1, 0.15) is 31.7 Å². The molecule has 3 aromatic rings. The number of aryl methyl sites for hydroxylation is 1. The van der Waals surface area contributed by atoms with E-state index in [2.05, 4.69) is 11.9 Å². The van der Waals surface area contributed by atoms with Crippen molar-refractivity contribution >= 4 is 27.3 Å². The van der Waals surface area contributed by atoms with Crippen molar-refractivity contribution in [2.45, 2.75) is 43.0 Å². The van der Waals surface area contributed by atoms with E-state index >= 15 is 0 Å². The molecule has 1 saturated heterocycles. The van der Waals surface area contributed by atoms with Gasteiger partial charge in [-0.2, -0.15) is 4.98 Å². The molecule has 30 heavy (non-hydrogen) atoms. The molecule has 0 unspecified atom stereocenters. The Labute approximate surface area is 182 Å². The van der Waals surface area contributed by atoms with Gasteiger partial charge in [0.25, 0.3) is 0 Å². The summed E-state index contributed by atoms with van der Waals surface area (Å²) in [5.74, 6) is 1.28. The van der Waals surface area contributed by atoms with Crippen molar-refractivity contribution in [1.29, 1.82) is 0 Å². The lowest BCUT2D eigenvalue weighted by atomic mass is 9.95. The quantitative estimate of drug-likeness (QED) is 0.500. The number of halogens is 1. The maximum absolute atomic E-state index is 13.5. The van der Waals surface area contributed by atoms with Crippen molar-refractivity contribution < 1.29 is 12.8 Å². The minimum Gasteiger partial charge on any atom is -0.419 e. The first-order chi connectivity index (χ1) is 14.4. The van der Waals surface area contributed by atoms with Crippen LogP contribution >= 0.6 is 11.6 Å². The fraction of sp³-hybridized carbons (Fsp3) is 0.348. The number of nitrogens with zero attached hydrogens (tertiary/aromatic N) is 2. The van der Waals surface area contributed by atoms with Crippen molar-refractivity contribution in [3.8, 4) is 11.5 Å². The lowest BCUT2D eigenvalue weighted by molar-refractivity contribution is 0.380. The molecular weight excluding hydrogens is 420 g/mol. The standard InChI is InChI=1S/C23H25ClN2O3S/c1-3-17-12-14-26(15-13-17)23-22(30(27,28)20-10-4-16(2)5-11-20)25-21(29-23)18-6-8-19(24)9-7-18/h4-11,17H,3,12-15H2,1-2H3. The molecule has 5 nitrogen and oxygen atoms in total. The number of oxazole rings is 1. The second-order valence-corrected chi connectivity index (χ2v) is 10.1. The Bertz CT molecular complexity index is 1110. The Morgan fingerprint density at radius 3 is 2.30 bits per heavy atom. The maximum Gasteiger partial charge on any atom is 0.236 e. The van der Waals surface area contributed by atoms with Crippen molar-refractivity contribution in [1.82, 2.24) is 4.98 Å². The van der Waals surface area contributed by atoms with Crippen molar-refractivity contribution in [3.05, 3.63) is 59.1 Å². The van der Waals surface area contributed by atoms with Gasteiger partial charge >= 0.3 is 0 Å². The summed E-state index contributed by atoms with van der Waals surface area (Å²) in [4.78, 5) is 6.69. The number of piperidine rings is 1. The number of hydrogen-bond donors (Lipinski definition) is 0. The van der Waals surface area contributed by atoms with Gasteiger partial charge in [-0.25, -0.2) is 8.42 Å². The van der Waals surface area contributed by atoms with E-state index in [1.165, 1.54) is 0 Å². The molecule has 0 radical (unpaired) electrons. The van der Waals surface area contributed by atoms with Crippen LogP contribution in [0, 0.1) is 12.8 Å². The van der Waals surface area contributed by atoms with E-state index in [1.54, 1.807) is 48.5 Å². The normalized spacial score (nSPS) is 15.5. The molecule has 0 N–H and O–H groups in total. The predicted molar refractivity (Wildman–Crippen MR) is 119 cm³/mol. The third-order valence-corrected chi connectivity index (χ3v) is 7.66. The molecule has 2 heterocycles. The minimum atomic E-state index is -3.82. The molecule has 158 valence electrons. The first-order valence-electron chi connectivity index (χ1n) is 10.2. The Morgan fingerprint density at radius 2 is 1.70 bits per heavy atom. The lowest BCUT2D eigenvalue weighted by Crippen LogP contribution is -2.34. The summed E-state index contributed by atoms with van der Waals surface area (Å²) < 4.78 is 33.0. The molecule has 1 aromatic heterocycles. The molecule has 4 rings (SSSR count). The van der Waals surface area contributed by atoms with Crippen LogP contribution in [0.2, 0.25) is 5.02 Å². The molecule has 2 aromatic carbocycles. The lowest BCUT2D eigenvalue weighted by Gasteiger charge is -2.31. The highest BCUT2D eigenvalue weighted by molar-refractivity contribution is 7.91. The second-order valence-electron chi connectivity index (χ2n) is 7.79. The molecular formula is C23H25ClN2O3S. The van der Waals surface area contributed by atoms with Crippen molar-refractivity contribution in [3.63, 3.8) is 0 Å². The molecule has 0 amide bonds. The van der Waals surface area contributed by atoms with Crippen LogP contribution in [0.15, 0.2) is 62.9 Å². The third kappa shape index (κ3) is 4.12. The molecule has 0 spiro atoms. The van der Waals surface area contributed by atoms with E-state index in [4.69, 9.17) is 16.0 Å². The van der Waals surface area contributed by atoms with Crippen LogP contribution in [-0.2, 0) is 9.84 Å². The first kappa shape index (κ1) is 20.9. The van der Waals surface area contributed by atoms with Crippen LogP contribution in [0.5, 0.6) is 0 Å². The molecule has 0 atom stereocenters. The monoisotopic (exact) mass is 444 g/mol. The Morgan fingerprint density at radius 1 is 1.07 bits per heavy atom. The van der Waals surface area contributed by atoms with Gasteiger partial charge in [0.05, 0.1) is 4.90 Å². The van der Waals surface area contributed by atoms with Crippen molar-refractivity contribution in [2.24, 2.45) is 5.92 Å². The summed E-state index contributed by atoms with van der Waals surface area (Å²) in [6, 6.07) is 13.9. The number of benzene rings is 2. The Balaban J connectivity index is 1.79. The van der Waals surface area contributed by atoms with E-state index in [9.17, 15) is 8.42 Å². The zero-order chi connectivity index (χ0) is 21.3. The smallest absolute Gasteiger partial charge is 0.236 e. The van der Waals surface area contributed by atoms with Gasteiger partial charge in [-0.3, -0.25) is 0 Å². The Hall–Kier alpha value is -2.31. The van der Waals surface area contributed by atoms with Crippen LogP contribution in [0.25, 0.3) is 11.5 Å². The summed E-state index contributed by atoms with van der Waals surface area (Å²) in [5.41, 5.74) is 1.69. The van der Waals surface area contributed by atoms with Crippen LogP contribution < -0.4 is 4.90 Å². The van der Waals surface area contributed by atoms with Gasteiger partial charge in [0.1, 0.15) is 0 Å². The van der Waals surface area contributed by atoms with Gasteiger partial charge < -0.3 is 9.32 Å². The van der Waals surface area contributed by atoms with Crippen LogP contribution in [-0.4, -0.2) is 26.5 Å². The zero-order valence-electron chi connectivity index (χ0n) is 17.1. The van der Waals surface area contributed by atoms with Gasteiger partial charge in [0, 0.05) is 23.7 Å². The SMILES string of the molecule is CCC1CCN(c2oc(-c3ccc(Cl)cc3)nc2S(=O)(=O)c2ccc(C)cc2)CC1. The largest absolute Gasteiger partial charge is 0.419 e. The van der Waals surface area contributed by atoms with Gasteiger partial charge in [-0.05, 0) is 62.1 Å². The fourth-order valence-corrected chi connectivity index (χ4v) is 5.21. The molecule has 1 fully saturated rings. The van der Waals surface area contributed by atoms with Gasteiger partial charge in [0.15, 0.2) is 0 Å². The second kappa shape index (κ2) is 8.44. The minimum absolute atomic E-state index is 0.0220. The number of anilines is 1. The summed E-state index contributed by atoms with van der Waals surface area (Å²) in [7, 11) is -3.82. The number of sulfone groups is 1. The van der Waals surface area contributed by atoms with E-state index in [0.717, 1.165) is 37.9 Å². The van der Waals surface area contributed by atoms with Gasteiger partial charge in [-0.1, -0.05) is 42.6 Å². The van der Waals surface area contributed by atoms with Crippen LogP contribution in [0.4, 0.5) is 5.88 Å². The highest BCUT2D eigenvalue weighted by Gasteiger charge is 2.32. The van der Waals surface area contributed by atoms with E-state index in [0.29, 0.717) is 22.4 Å². The average Bonchev–Trinajstić information content (AvgIpc) is 3.21. The maximum atomic E-state index is 13.5. The van der Waals surface area contributed by atoms with Gasteiger partial charge in [0.2, 0.25) is 26.6 Å². The zero-order valence-corrected chi connectivity index (χ0v) is 18.7. The van der Waals surface area contributed by atoms with E-state index in [-0.39, 0.29) is 15.8 Å². The van der Waals surface area contributed by atoms with Crippen LogP contribution in [0.3, 0.4) is 0 Å². The molecule has 0 bridgehead atoms. The molecule has 1 aliphatic rings. The molecule has 7 heteroatoms. The number of rotatable bonds is 5. The topological polar surface area (TPSA) is 63.4 Å². The average molecular weight is 445 g/mol. The predicted octanol–water partition coefficient (Wildman–Crippen LogP) is 5.76. The first-order valence-corrected chi connectivity index (χ1v) is 12.1. The summed E-state index contributed by atoms with van der Waals surface area (Å²) in [6.07, 6.45) is 3.16. The summed E-state index contributed by atoms with van der Waals surface area (Å²) >= 11 is 5.99. The summed E-state index contributed by atoms with van der Waals surface area (Å²) in [6.45, 7) is 5.63. The summed E-state index contributed by atoms with van der Waals surface area (Å²) in [5, 5.41) is 0.575. The molecule has 0 aliphatic carbocycles. The highest BCUT2D eigenvalue weighted by Crippen LogP contribution is 2.37. The Kier molecular flexibility index (Phi) is 5.89. The third-order valence-electron chi connectivity index (χ3n) is 5.74. The molecule has 1 aliphatic heterocycles.